The highest BCUT2D eigenvalue weighted by Gasteiger charge is 2.47. The van der Waals surface area contributed by atoms with E-state index in [4.69, 9.17) is 11.6 Å². The number of imidazole rings is 1. The van der Waals surface area contributed by atoms with Crippen LogP contribution in [0, 0.1) is 23.1 Å². The van der Waals surface area contributed by atoms with Gasteiger partial charge in [0.25, 0.3) is 0 Å². The molecule has 1 aromatic carbocycles. The molecule has 1 amide bonds. The van der Waals surface area contributed by atoms with Crippen molar-refractivity contribution in [1.82, 2.24) is 19.4 Å². The van der Waals surface area contributed by atoms with Crippen molar-refractivity contribution in [3.63, 3.8) is 0 Å². The Hall–Kier alpha value is -4.03. The number of pyridine rings is 1. The number of carbonyl (C=O) groups is 1. The number of nitriles is 1. The molecule has 0 bridgehead atoms. The third kappa shape index (κ3) is 4.36. The fourth-order valence-electron chi connectivity index (χ4n) is 4.56. The number of aromatic nitrogens is 4. The molecule has 6 rings (SSSR count). The van der Waals surface area contributed by atoms with E-state index in [1.54, 1.807) is 6.07 Å². The van der Waals surface area contributed by atoms with Crippen LogP contribution in [-0.4, -0.2) is 25.3 Å². The zero-order valence-electron chi connectivity index (χ0n) is 19.1. The average Bonchev–Trinajstić information content (AvgIpc) is 3.81. The van der Waals surface area contributed by atoms with Crippen molar-refractivity contribution in [3.8, 4) is 6.07 Å². The van der Waals surface area contributed by atoms with Gasteiger partial charge in [0.2, 0.25) is 5.91 Å². The number of rotatable bonds is 7. The third-order valence-electron chi connectivity index (χ3n) is 6.69. The lowest BCUT2D eigenvalue weighted by atomic mass is 10.0. The minimum atomic E-state index is -0.639. The van der Waals surface area contributed by atoms with Gasteiger partial charge in [0.15, 0.2) is 0 Å². The number of carbonyl (C=O) groups excluding carboxylic acids is 1. The first kappa shape index (κ1) is 22.4. The standard InChI is InChI=1S/C26H21ClFN7O/c27-20-5-3-15(9-29)24(25(20)28)18-7-19(18)26(36)34-22-8-21(31-13-32-22)30-10-17-12-35-11-16(14-1-2-14)4-6-23(35)33-17/h3-6,8,11-14,18-19H,1-2,7,10H2,(H2,30,31,32,34,36)/t18-,19-/m0/s1. The molecule has 180 valence electrons. The maximum atomic E-state index is 14.6. The van der Waals surface area contributed by atoms with Gasteiger partial charge in [0, 0.05) is 35.9 Å². The molecule has 2 fully saturated rings. The fourth-order valence-corrected chi connectivity index (χ4v) is 4.72. The third-order valence-corrected chi connectivity index (χ3v) is 6.98. The summed E-state index contributed by atoms with van der Waals surface area (Å²) in [4.78, 5) is 25.8. The first-order valence-electron chi connectivity index (χ1n) is 11.7. The fraction of sp³-hybridized carbons (Fsp3) is 0.269. The minimum absolute atomic E-state index is 0.0597. The maximum Gasteiger partial charge on any atom is 0.229 e. The minimum Gasteiger partial charge on any atom is -0.364 e. The van der Waals surface area contributed by atoms with Crippen molar-refractivity contribution >= 4 is 34.8 Å². The molecule has 0 unspecified atom stereocenters. The second kappa shape index (κ2) is 8.88. The maximum absolute atomic E-state index is 14.6. The summed E-state index contributed by atoms with van der Waals surface area (Å²) < 4.78 is 16.6. The van der Waals surface area contributed by atoms with Crippen molar-refractivity contribution < 1.29 is 9.18 Å². The quantitative estimate of drug-likeness (QED) is 0.368. The summed E-state index contributed by atoms with van der Waals surface area (Å²) in [5.41, 5.74) is 3.50. The number of benzene rings is 1. The predicted molar refractivity (Wildman–Crippen MR) is 132 cm³/mol. The van der Waals surface area contributed by atoms with E-state index in [0.29, 0.717) is 30.5 Å². The topological polar surface area (TPSA) is 108 Å². The lowest BCUT2D eigenvalue weighted by molar-refractivity contribution is -0.117. The van der Waals surface area contributed by atoms with Crippen LogP contribution in [-0.2, 0) is 11.3 Å². The van der Waals surface area contributed by atoms with E-state index >= 15 is 0 Å². The Morgan fingerprint density at radius 1 is 1.19 bits per heavy atom. The highest BCUT2D eigenvalue weighted by molar-refractivity contribution is 6.30. The van der Waals surface area contributed by atoms with Crippen LogP contribution in [0.1, 0.15) is 53.5 Å². The largest absolute Gasteiger partial charge is 0.364 e. The molecule has 2 N–H and O–H groups in total. The molecule has 0 spiro atoms. The van der Waals surface area contributed by atoms with Crippen molar-refractivity contribution in [1.29, 1.82) is 5.26 Å². The van der Waals surface area contributed by atoms with E-state index in [1.165, 1.54) is 36.9 Å². The number of fused-ring (bicyclic) bond motifs is 1. The summed E-state index contributed by atoms with van der Waals surface area (Å²) in [6, 6.07) is 10.6. The summed E-state index contributed by atoms with van der Waals surface area (Å²) in [6.07, 6.45) is 8.43. The van der Waals surface area contributed by atoms with Gasteiger partial charge in [-0.1, -0.05) is 17.7 Å². The van der Waals surface area contributed by atoms with Crippen LogP contribution in [0.4, 0.5) is 16.0 Å². The van der Waals surface area contributed by atoms with E-state index in [0.717, 1.165) is 11.3 Å². The Balaban J connectivity index is 1.10. The van der Waals surface area contributed by atoms with Gasteiger partial charge < -0.3 is 15.0 Å². The van der Waals surface area contributed by atoms with E-state index < -0.39 is 17.7 Å². The monoisotopic (exact) mass is 501 g/mol. The number of halogens is 2. The first-order valence-corrected chi connectivity index (χ1v) is 12.1. The predicted octanol–water partition coefficient (Wildman–Crippen LogP) is 5.02. The number of hydrogen-bond donors (Lipinski definition) is 2. The van der Waals surface area contributed by atoms with E-state index in [9.17, 15) is 14.4 Å². The van der Waals surface area contributed by atoms with Crippen LogP contribution < -0.4 is 10.6 Å². The Labute approximate surface area is 211 Å². The Bertz CT molecular complexity index is 1540. The van der Waals surface area contributed by atoms with Gasteiger partial charge in [0.1, 0.15) is 29.4 Å². The Morgan fingerprint density at radius 3 is 2.83 bits per heavy atom. The molecule has 0 radical (unpaired) electrons. The normalized spacial score (nSPS) is 18.6. The SMILES string of the molecule is N#Cc1ccc(Cl)c(F)c1[C@H]1C[C@@H]1C(=O)Nc1cc(NCc2cn3cc(C4CC4)ccc3n2)ncn1. The van der Waals surface area contributed by atoms with Crippen molar-refractivity contribution in [2.45, 2.75) is 37.6 Å². The van der Waals surface area contributed by atoms with Crippen LogP contribution in [0.25, 0.3) is 5.65 Å². The number of anilines is 2. The van der Waals surface area contributed by atoms with E-state index in [2.05, 4.69) is 37.8 Å². The molecule has 8 nitrogen and oxygen atoms in total. The molecule has 3 aromatic heterocycles. The Morgan fingerprint density at radius 2 is 2.03 bits per heavy atom. The molecule has 3 heterocycles. The average molecular weight is 502 g/mol. The summed E-state index contributed by atoms with van der Waals surface area (Å²) in [5.74, 6) is -0.240. The van der Waals surface area contributed by atoms with Gasteiger partial charge in [-0.15, -0.1) is 0 Å². The van der Waals surface area contributed by atoms with Crippen LogP contribution in [0.5, 0.6) is 0 Å². The number of nitrogens with one attached hydrogen (secondary N) is 2. The smallest absolute Gasteiger partial charge is 0.229 e. The highest BCUT2D eigenvalue weighted by Crippen LogP contribution is 2.50. The molecule has 2 saturated carbocycles. The molecule has 4 aromatic rings. The van der Waals surface area contributed by atoms with Crippen molar-refractivity contribution in [3.05, 3.63) is 82.3 Å². The molecule has 0 saturated heterocycles. The lowest BCUT2D eigenvalue weighted by Crippen LogP contribution is -2.16. The summed E-state index contributed by atoms with van der Waals surface area (Å²) in [5, 5.41) is 15.2. The highest BCUT2D eigenvalue weighted by atomic mass is 35.5. The summed E-state index contributed by atoms with van der Waals surface area (Å²) >= 11 is 5.89. The van der Waals surface area contributed by atoms with Crippen LogP contribution in [0.3, 0.4) is 0 Å². The van der Waals surface area contributed by atoms with Crippen LogP contribution >= 0.6 is 11.6 Å². The summed E-state index contributed by atoms with van der Waals surface area (Å²) in [6.45, 7) is 0.459. The van der Waals surface area contributed by atoms with Gasteiger partial charge in [-0.3, -0.25) is 4.79 Å². The second-order valence-corrected chi connectivity index (χ2v) is 9.66. The Kier molecular flexibility index (Phi) is 5.53. The van der Waals surface area contributed by atoms with Gasteiger partial charge in [0.05, 0.1) is 28.9 Å². The number of nitrogens with zero attached hydrogens (tertiary/aromatic N) is 5. The first-order chi connectivity index (χ1) is 17.5. The number of hydrogen-bond acceptors (Lipinski definition) is 6. The molecule has 36 heavy (non-hydrogen) atoms. The molecule has 2 atom stereocenters. The van der Waals surface area contributed by atoms with Gasteiger partial charge in [-0.2, -0.15) is 5.26 Å². The molecular formula is C26H21ClFN7O. The zero-order valence-corrected chi connectivity index (χ0v) is 19.8. The lowest BCUT2D eigenvalue weighted by Gasteiger charge is -2.08. The molecule has 0 aliphatic heterocycles. The van der Waals surface area contributed by atoms with Crippen LogP contribution in [0.2, 0.25) is 5.02 Å². The van der Waals surface area contributed by atoms with Crippen LogP contribution in [0.15, 0.2) is 49.1 Å². The van der Waals surface area contributed by atoms with E-state index in [-0.39, 0.29) is 22.1 Å². The van der Waals surface area contributed by atoms with Gasteiger partial charge in [-0.05, 0) is 48.9 Å². The molecule has 2 aliphatic rings. The molecule has 10 heteroatoms. The van der Waals surface area contributed by atoms with Gasteiger partial charge >= 0.3 is 0 Å². The number of amides is 1. The zero-order chi connectivity index (χ0) is 24.8. The molecular weight excluding hydrogens is 481 g/mol. The summed E-state index contributed by atoms with van der Waals surface area (Å²) in [7, 11) is 0. The van der Waals surface area contributed by atoms with E-state index in [1.807, 2.05) is 22.7 Å². The second-order valence-electron chi connectivity index (χ2n) is 9.25. The van der Waals surface area contributed by atoms with Crippen molar-refractivity contribution in [2.75, 3.05) is 10.6 Å². The molecule has 2 aliphatic carbocycles. The van der Waals surface area contributed by atoms with Gasteiger partial charge in [-0.25, -0.2) is 19.3 Å². The van der Waals surface area contributed by atoms with Crippen molar-refractivity contribution in [2.24, 2.45) is 5.92 Å².